The molecule has 0 fully saturated rings. The van der Waals surface area contributed by atoms with E-state index in [1.54, 1.807) is 23.0 Å². The molecule has 0 bridgehead atoms. The van der Waals surface area contributed by atoms with Gasteiger partial charge in [0, 0.05) is 0 Å². The number of hydroxylamine groups is 1. The standard InChI is InChI=1S/C8H7N3O3S/c1-14-8(12)7-5(2-3-15-7)10-6(4-9)11-13/h2-3,13H,1H3,(H,10,11). The highest BCUT2D eigenvalue weighted by Crippen LogP contribution is 2.25. The zero-order valence-electron chi connectivity index (χ0n) is 7.72. The van der Waals surface area contributed by atoms with E-state index in [9.17, 15) is 4.79 Å². The average molecular weight is 225 g/mol. The summed E-state index contributed by atoms with van der Waals surface area (Å²) in [5, 5.41) is 18.6. The van der Waals surface area contributed by atoms with Gasteiger partial charge in [0.05, 0.1) is 12.8 Å². The van der Waals surface area contributed by atoms with Crippen LogP contribution in [0.1, 0.15) is 9.67 Å². The average Bonchev–Trinajstić information content (AvgIpc) is 2.72. The van der Waals surface area contributed by atoms with Crippen molar-refractivity contribution in [3.8, 4) is 6.07 Å². The predicted molar refractivity (Wildman–Crippen MR) is 53.3 cm³/mol. The zero-order chi connectivity index (χ0) is 11.3. The Labute approximate surface area is 89.4 Å². The third-order valence-electron chi connectivity index (χ3n) is 1.46. The first-order valence-electron chi connectivity index (χ1n) is 3.77. The molecule has 2 N–H and O–H groups in total. The smallest absolute Gasteiger partial charge is 0.350 e. The minimum Gasteiger partial charge on any atom is -0.465 e. The van der Waals surface area contributed by atoms with Crippen LogP contribution in [-0.2, 0) is 4.74 Å². The molecule has 0 atom stereocenters. The van der Waals surface area contributed by atoms with E-state index in [4.69, 9.17) is 10.5 Å². The van der Waals surface area contributed by atoms with Crippen LogP contribution < -0.4 is 5.48 Å². The van der Waals surface area contributed by atoms with Crippen LogP contribution in [0.4, 0.5) is 5.69 Å². The lowest BCUT2D eigenvalue weighted by atomic mass is 10.4. The lowest BCUT2D eigenvalue weighted by Crippen LogP contribution is -2.16. The van der Waals surface area contributed by atoms with Gasteiger partial charge in [0.2, 0.25) is 5.84 Å². The van der Waals surface area contributed by atoms with Gasteiger partial charge in [-0.25, -0.2) is 15.3 Å². The Morgan fingerprint density at radius 1 is 1.80 bits per heavy atom. The number of nitrogens with zero attached hydrogens (tertiary/aromatic N) is 2. The van der Waals surface area contributed by atoms with Crippen molar-refractivity contribution >= 4 is 28.8 Å². The number of nitrogens with one attached hydrogen (secondary N) is 1. The molecule has 7 heteroatoms. The molecule has 15 heavy (non-hydrogen) atoms. The summed E-state index contributed by atoms with van der Waals surface area (Å²) in [6.45, 7) is 0. The van der Waals surface area contributed by atoms with E-state index in [-0.39, 0.29) is 16.4 Å². The first kappa shape index (κ1) is 11.2. The van der Waals surface area contributed by atoms with Crippen LogP contribution in [0.5, 0.6) is 0 Å². The number of amidine groups is 1. The van der Waals surface area contributed by atoms with Gasteiger partial charge in [-0.3, -0.25) is 5.21 Å². The highest BCUT2D eigenvalue weighted by molar-refractivity contribution is 7.12. The van der Waals surface area contributed by atoms with Gasteiger partial charge in [-0.05, 0) is 11.4 Å². The number of methoxy groups -OCH3 is 1. The molecule has 1 rings (SSSR count). The molecule has 0 aliphatic heterocycles. The second-order valence-electron chi connectivity index (χ2n) is 2.31. The van der Waals surface area contributed by atoms with Crippen LogP contribution in [0.2, 0.25) is 0 Å². The molecule has 78 valence electrons. The summed E-state index contributed by atoms with van der Waals surface area (Å²) in [5.41, 5.74) is 1.90. The number of thiophene rings is 1. The molecule has 0 aliphatic rings. The van der Waals surface area contributed by atoms with Crippen molar-refractivity contribution in [2.45, 2.75) is 0 Å². The number of ether oxygens (including phenoxy) is 1. The van der Waals surface area contributed by atoms with E-state index in [0.29, 0.717) is 0 Å². The van der Waals surface area contributed by atoms with Crippen molar-refractivity contribution in [2.75, 3.05) is 7.11 Å². The summed E-state index contributed by atoms with van der Waals surface area (Å²) in [5.74, 6) is -0.822. The third-order valence-corrected chi connectivity index (χ3v) is 2.34. The van der Waals surface area contributed by atoms with Gasteiger partial charge in [-0.1, -0.05) is 0 Å². The highest BCUT2D eigenvalue weighted by atomic mass is 32.1. The minimum atomic E-state index is -0.529. The fraction of sp³-hybridized carbons (Fsp3) is 0.125. The number of esters is 1. The maximum absolute atomic E-state index is 11.2. The monoisotopic (exact) mass is 225 g/mol. The van der Waals surface area contributed by atoms with Gasteiger partial charge in [0.1, 0.15) is 10.9 Å². The van der Waals surface area contributed by atoms with Crippen LogP contribution >= 0.6 is 11.3 Å². The molecule has 0 saturated heterocycles. The first-order chi connectivity index (χ1) is 7.22. The normalized spacial score (nSPS) is 10.6. The molecule has 0 radical (unpaired) electrons. The summed E-state index contributed by atoms with van der Waals surface area (Å²) in [4.78, 5) is 15.2. The molecule has 0 aliphatic carbocycles. The highest BCUT2D eigenvalue weighted by Gasteiger charge is 2.13. The summed E-state index contributed by atoms with van der Waals surface area (Å²) in [7, 11) is 1.26. The van der Waals surface area contributed by atoms with Crippen molar-refractivity contribution < 1.29 is 14.7 Å². The number of rotatable bonds is 2. The molecule has 0 spiro atoms. The Morgan fingerprint density at radius 2 is 2.53 bits per heavy atom. The quantitative estimate of drug-likeness (QED) is 0.340. The van der Waals surface area contributed by atoms with E-state index < -0.39 is 5.97 Å². The molecular weight excluding hydrogens is 218 g/mol. The van der Waals surface area contributed by atoms with Crippen molar-refractivity contribution in [1.29, 1.82) is 5.26 Å². The lowest BCUT2D eigenvalue weighted by molar-refractivity contribution is 0.0607. The molecular formula is C8H7N3O3S. The predicted octanol–water partition coefficient (Wildman–Crippen LogP) is 1.07. The van der Waals surface area contributed by atoms with Crippen molar-refractivity contribution in [1.82, 2.24) is 5.48 Å². The van der Waals surface area contributed by atoms with E-state index in [1.807, 2.05) is 0 Å². The van der Waals surface area contributed by atoms with Gasteiger partial charge in [0.25, 0.3) is 0 Å². The van der Waals surface area contributed by atoms with Crippen molar-refractivity contribution in [3.05, 3.63) is 16.3 Å². The Bertz CT molecular complexity index is 433. The molecule has 0 saturated carbocycles. The van der Waals surface area contributed by atoms with Crippen LogP contribution in [0.25, 0.3) is 0 Å². The van der Waals surface area contributed by atoms with E-state index in [2.05, 4.69) is 9.73 Å². The van der Waals surface area contributed by atoms with Crippen LogP contribution in [0.15, 0.2) is 16.4 Å². The van der Waals surface area contributed by atoms with Gasteiger partial charge in [-0.15, -0.1) is 11.3 Å². The van der Waals surface area contributed by atoms with Crippen molar-refractivity contribution in [2.24, 2.45) is 4.99 Å². The SMILES string of the molecule is COC(=O)c1sccc1N=C(C#N)NO. The second kappa shape index (κ2) is 5.09. The molecule has 0 unspecified atom stereocenters. The lowest BCUT2D eigenvalue weighted by Gasteiger charge is -1.97. The Kier molecular flexibility index (Phi) is 3.79. The maximum Gasteiger partial charge on any atom is 0.350 e. The van der Waals surface area contributed by atoms with E-state index in [1.165, 1.54) is 7.11 Å². The molecule has 0 aromatic carbocycles. The Balaban J connectivity index is 3.07. The van der Waals surface area contributed by atoms with Gasteiger partial charge >= 0.3 is 5.97 Å². The number of hydrogen-bond acceptors (Lipinski definition) is 6. The molecule has 6 nitrogen and oxygen atoms in total. The number of hydrogen-bond donors (Lipinski definition) is 2. The largest absolute Gasteiger partial charge is 0.465 e. The molecule has 1 aromatic rings. The van der Waals surface area contributed by atoms with Crippen LogP contribution in [0, 0.1) is 11.3 Å². The number of aliphatic imine (C=N–C) groups is 1. The van der Waals surface area contributed by atoms with Crippen LogP contribution in [0.3, 0.4) is 0 Å². The summed E-state index contributed by atoms with van der Waals surface area (Å²) in [6.07, 6.45) is 0. The van der Waals surface area contributed by atoms with Gasteiger partial charge < -0.3 is 4.74 Å². The Hall–Kier alpha value is -1.91. The summed E-state index contributed by atoms with van der Waals surface area (Å²) in [6, 6.07) is 3.16. The number of carbonyl (C=O) groups is 1. The summed E-state index contributed by atoms with van der Waals surface area (Å²) >= 11 is 1.14. The topological polar surface area (TPSA) is 94.7 Å². The van der Waals surface area contributed by atoms with Crippen molar-refractivity contribution in [3.63, 3.8) is 0 Å². The minimum absolute atomic E-state index is 0.278. The zero-order valence-corrected chi connectivity index (χ0v) is 8.54. The maximum atomic E-state index is 11.2. The molecule has 1 heterocycles. The number of carbonyl (C=O) groups excluding carboxylic acids is 1. The first-order valence-corrected chi connectivity index (χ1v) is 4.65. The fourth-order valence-electron chi connectivity index (χ4n) is 0.831. The van der Waals surface area contributed by atoms with E-state index >= 15 is 0 Å². The Morgan fingerprint density at radius 3 is 3.07 bits per heavy atom. The molecule has 1 aromatic heterocycles. The van der Waals surface area contributed by atoms with E-state index in [0.717, 1.165) is 11.3 Å². The summed E-state index contributed by atoms with van der Waals surface area (Å²) < 4.78 is 4.52. The third kappa shape index (κ3) is 2.52. The van der Waals surface area contributed by atoms with Gasteiger partial charge in [-0.2, -0.15) is 5.26 Å². The second-order valence-corrected chi connectivity index (χ2v) is 3.23. The van der Waals surface area contributed by atoms with Gasteiger partial charge in [0.15, 0.2) is 0 Å². The van der Waals surface area contributed by atoms with Crippen LogP contribution in [-0.4, -0.2) is 24.1 Å². The molecule has 0 amide bonds. The fourth-order valence-corrected chi connectivity index (χ4v) is 1.58. The number of nitriles is 1.